The van der Waals surface area contributed by atoms with Crippen LogP contribution in [-0.4, -0.2) is 17.7 Å². The number of carboxylic acid groups (broad SMARTS) is 1. The van der Waals surface area contributed by atoms with Gasteiger partial charge in [-0.3, -0.25) is 4.79 Å². The Bertz CT molecular complexity index is 429. The Kier molecular flexibility index (Phi) is 4.79. The molecule has 0 saturated carbocycles. The molecule has 100 valence electrons. The SMILES string of the molecule is Cc1cc(OCCC(C)(C)C(=O)O)cc(C)c1Br. The van der Waals surface area contributed by atoms with Crippen LogP contribution in [0.4, 0.5) is 0 Å². The molecule has 1 N–H and O–H groups in total. The lowest BCUT2D eigenvalue weighted by Gasteiger charge is -2.19. The van der Waals surface area contributed by atoms with Crippen LogP contribution in [-0.2, 0) is 4.79 Å². The number of carbonyl (C=O) groups is 1. The van der Waals surface area contributed by atoms with Crippen LogP contribution in [0.2, 0.25) is 0 Å². The zero-order valence-electron chi connectivity index (χ0n) is 11.2. The van der Waals surface area contributed by atoms with Crippen LogP contribution in [0, 0.1) is 19.3 Å². The summed E-state index contributed by atoms with van der Waals surface area (Å²) in [4.78, 5) is 11.0. The smallest absolute Gasteiger partial charge is 0.309 e. The van der Waals surface area contributed by atoms with Gasteiger partial charge in [0.25, 0.3) is 0 Å². The average Bonchev–Trinajstić information content (AvgIpc) is 2.25. The van der Waals surface area contributed by atoms with E-state index < -0.39 is 11.4 Å². The maximum atomic E-state index is 11.0. The van der Waals surface area contributed by atoms with E-state index in [0.717, 1.165) is 21.3 Å². The van der Waals surface area contributed by atoms with E-state index in [4.69, 9.17) is 9.84 Å². The molecule has 0 amide bonds. The largest absolute Gasteiger partial charge is 0.494 e. The number of rotatable bonds is 5. The molecule has 1 rings (SSSR count). The molecule has 0 unspecified atom stereocenters. The first-order valence-corrected chi connectivity index (χ1v) is 6.66. The van der Waals surface area contributed by atoms with Gasteiger partial charge in [0.05, 0.1) is 12.0 Å². The predicted molar refractivity (Wildman–Crippen MR) is 75.1 cm³/mol. The molecule has 3 nitrogen and oxygen atoms in total. The third kappa shape index (κ3) is 3.73. The Morgan fingerprint density at radius 3 is 2.28 bits per heavy atom. The molecule has 0 aliphatic rings. The van der Waals surface area contributed by atoms with E-state index in [-0.39, 0.29) is 0 Å². The van der Waals surface area contributed by atoms with Crippen molar-refractivity contribution in [2.45, 2.75) is 34.1 Å². The molecule has 0 aliphatic carbocycles. The monoisotopic (exact) mass is 314 g/mol. The zero-order chi connectivity index (χ0) is 13.9. The van der Waals surface area contributed by atoms with Gasteiger partial charge >= 0.3 is 5.97 Å². The number of carboxylic acids is 1. The van der Waals surface area contributed by atoms with Gasteiger partial charge in [-0.25, -0.2) is 0 Å². The lowest BCUT2D eigenvalue weighted by Crippen LogP contribution is -2.25. The summed E-state index contributed by atoms with van der Waals surface area (Å²) in [5.41, 5.74) is 1.48. The van der Waals surface area contributed by atoms with Gasteiger partial charge in [-0.1, -0.05) is 15.9 Å². The minimum absolute atomic E-state index is 0.403. The van der Waals surface area contributed by atoms with E-state index in [2.05, 4.69) is 15.9 Å². The number of hydrogen-bond acceptors (Lipinski definition) is 2. The van der Waals surface area contributed by atoms with Gasteiger partial charge in [0.2, 0.25) is 0 Å². The molecule has 0 atom stereocenters. The Morgan fingerprint density at radius 2 is 1.83 bits per heavy atom. The summed E-state index contributed by atoms with van der Waals surface area (Å²) in [6.07, 6.45) is 0.483. The van der Waals surface area contributed by atoms with Crippen LogP contribution < -0.4 is 4.74 Å². The number of hydrogen-bond donors (Lipinski definition) is 1. The Morgan fingerprint density at radius 1 is 1.33 bits per heavy atom. The molecule has 0 fully saturated rings. The van der Waals surface area contributed by atoms with Gasteiger partial charge in [0.1, 0.15) is 5.75 Å². The van der Waals surface area contributed by atoms with Crippen molar-refractivity contribution >= 4 is 21.9 Å². The van der Waals surface area contributed by atoms with Crippen molar-refractivity contribution < 1.29 is 14.6 Å². The van der Waals surface area contributed by atoms with E-state index in [1.807, 2.05) is 26.0 Å². The molecule has 0 spiro atoms. The van der Waals surface area contributed by atoms with Crippen molar-refractivity contribution in [1.29, 1.82) is 0 Å². The molecule has 18 heavy (non-hydrogen) atoms. The van der Waals surface area contributed by atoms with Crippen LogP contribution in [0.15, 0.2) is 16.6 Å². The average molecular weight is 315 g/mol. The number of aliphatic carboxylic acids is 1. The third-order valence-electron chi connectivity index (χ3n) is 2.98. The number of benzene rings is 1. The molecule has 4 heteroatoms. The van der Waals surface area contributed by atoms with Crippen molar-refractivity contribution in [3.8, 4) is 5.75 Å². The van der Waals surface area contributed by atoms with Gasteiger partial charge in [0, 0.05) is 4.47 Å². The van der Waals surface area contributed by atoms with Gasteiger partial charge < -0.3 is 9.84 Å². The first kappa shape index (κ1) is 15.0. The second-order valence-corrected chi connectivity index (χ2v) is 5.95. The minimum Gasteiger partial charge on any atom is -0.494 e. The quantitative estimate of drug-likeness (QED) is 0.895. The second kappa shape index (κ2) is 5.74. The summed E-state index contributed by atoms with van der Waals surface area (Å²) in [5.74, 6) is -0.0105. The molecule has 0 heterocycles. The summed E-state index contributed by atoms with van der Waals surface area (Å²) in [6.45, 7) is 7.82. The van der Waals surface area contributed by atoms with Crippen LogP contribution in [0.5, 0.6) is 5.75 Å². The number of aryl methyl sites for hydroxylation is 2. The zero-order valence-corrected chi connectivity index (χ0v) is 12.8. The number of halogens is 1. The van der Waals surface area contributed by atoms with E-state index in [1.54, 1.807) is 13.8 Å². The molecule has 1 aromatic carbocycles. The summed E-state index contributed by atoms with van der Waals surface area (Å²) < 4.78 is 6.71. The lowest BCUT2D eigenvalue weighted by atomic mass is 9.90. The highest BCUT2D eigenvalue weighted by Gasteiger charge is 2.26. The normalized spacial score (nSPS) is 11.4. The highest BCUT2D eigenvalue weighted by Crippen LogP contribution is 2.27. The van der Waals surface area contributed by atoms with Gasteiger partial charge in [-0.2, -0.15) is 0 Å². The Balaban J connectivity index is 2.63. The highest BCUT2D eigenvalue weighted by atomic mass is 79.9. The maximum absolute atomic E-state index is 11.0. The van der Waals surface area contributed by atoms with Gasteiger partial charge in [-0.05, 0) is 57.4 Å². The van der Waals surface area contributed by atoms with Crippen molar-refractivity contribution in [2.24, 2.45) is 5.41 Å². The van der Waals surface area contributed by atoms with E-state index in [9.17, 15) is 4.79 Å². The van der Waals surface area contributed by atoms with Crippen molar-refractivity contribution in [3.63, 3.8) is 0 Å². The van der Waals surface area contributed by atoms with E-state index >= 15 is 0 Å². The van der Waals surface area contributed by atoms with E-state index in [1.165, 1.54) is 0 Å². The second-order valence-electron chi connectivity index (χ2n) is 5.16. The molecule has 0 aliphatic heterocycles. The molecule has 0 aromatic heterocycles. The van der Waals surface area contributed by atoms with Crippen LogP contribution in [0.1, 0.15) is 31.4 Å². The summed E-state index contributed by atoms with van der Waals surface area (Å²) >= 11 is 3.50. The molecule has 0 bridgehead atoms. The van der Waals surface area contributed by atoms with Crippen LogP contribution >= 0.6 is 15.9 Å². The van der Waals surface area contributed by atoms with Crippen molar-refractivity contribution in [3.05, 3.63) is 27.7 Å². The van der Waals surface area contributed by atoms with E-state index in [0.29, 0.717) is 13.0 Å². The first-order chi connectivity index (χ1) is 8.24. The fourth-order valence-electron chi connectivity index (χ4n) is 1.52. The van der Waals surface area contributed by atoms with Gasteiger partial charge in [-0.15, -0.1) is 0 Å². The first-order valence-electron chi connectivity index (χ1n) is 5.87. The van der Waals surface area contributed by atoms with Crippen LogP contribution in [0.25, 0.3) is 0 Å². The summed E-state index contributed by atoms with van der Waals surface area (Å²) in [5, 5.41) is 9.00. The highest BCUT2D eigenvalue weighted by molar-refractivity contribution is 9.10. The topological polar surface area (TPSA) is 46.5 Å². The maximum Gasteiger partial charge on any atom is 0.309 e. The van der Waals surface area contributed by atoms with Gasteiger partial charge in [0.15, 0.2) is 0 Å². The lowest BCUT2D eigenvalue weighted by molar-refractivity contribution is -0.147. The minimum atomic E-state index is -0.797. The third-order valence-corrected chi connectivity index (χ3v) is 4.24. The Hall–Kier alpha value is -1.03. The Labute approximate surface area is 116 Å². The molecular formula is C14H19BrO3. The molecule has 0 saturated heterocycles. The van der Waals surface area contributed by atoms with Crippen molar-refractivity contribution in [1.82, 2.24) is 0 Å². The summed E-state index contributed by atoms with van der Waals surface area (Å²) in [7, 11) is 0. The molecule has 0 radical (unpaired) electrons. The van der Waals surface area contributed by atoms with Crippen LogP contribution in [0.3, 0.4) is 0 Å². The summed E-state index contributed by atoms with van der Waals surface area (Å²) in [6, 6.07) is 3.90. The molecular weight excluding hydrogens is 296 g/mol. The van der Waals surface area contributed by atoms with Crippen molar-refractivity contribution in [2.75, 3.05) is 6.61 Å². The predicted octanol–water partition coefficient (Wildman–Crippen LogP) is 3.95. The molecule has 1 aromatic rings. The fraction of sp³-hybridized carbons (Fsp3) is 0.500. The fourth-order valence-corrected chi connectivity index (χ4v) is 1.75. The number of ether oxygens (including phenoxy) is 1. The standard InChI is InChI=1S/C14H19BrO3/c1-9-7-11(8-10(2)12(9)15)18-6-5-14(3,4)13(16)17/h7-8H,5-6H2,1-4H3,(H,16,17).